The number of fused-ring (bicyclic) bond motifs is 2. The maximum atomic E-state index is 13.9. The number of aldehydes is 1. The molecular weight excluding hydrogens is 516 g/mol. The molecule has 1 saturated carbocycles. The minimum Gasteiger partial charge on any atom is -0.444 e. The lowest BCUT2D eigenvalue weighted by atomic mass is 9.91. The first-order valence-electron chi connectivity index (χ1n) is 14.0. The molecule has 1 fully saturated rings. The van der Waals surface area contributed by atoms with Crippen LogP contribution >= 0.6 is 0 Å². The number of nitrogens with one attached hydrogen (secondary N) is 2. The minimum atomic E-state index is -0.565. The average molecular weight is 551 g/mol. The van der Waals surface area contributed by atoms with Crippen molar-refractivity contribution in [1.29, 1.82) is 5.26 Å². The fourth-order valence-electron chi connectivity index (χ4n) is 5.68. The van der Waals surface area contributed by atoms with Gasteiger partial charge in [-0.15, -0.1) is 0 Å². The number of hydrogen-bond donors (Lipinski definition) is 2. The molecule has 1 aromatic heterocycles. The number of aromatic nitrogens is 1. The first-order valence-corrected chi connectivity index (χ1v) is 14.0. The molecular formula is C33H34N4O4. The standard InChI is InChI=1S/C33H34N4O4/c1-33(2,3)41-32(40)36-25-14-12-24(13-15-25)35-31(39)30-28(20-38)27-16-11-21(18-34)17-29(27)37(30)19-23-9-6-8-22-7-4-5-10-26(22)23/h4-11,16-17,20,24-25H,12-15,19H2,1-3H3,(H,35,39)(H,36,40)/t24-,25-. The van der Waals surface area contributed by atoms with Crippen LogP contribution in [0, 0.1) is 11.3 Å². The summed E-state index contributed by atoms with van der Waals surface area (Å²) in [7, 11) is 0. The molecule has 1 heterocycles. The number of nitrogens with zero attached hydrogens (tertiary/aromatic N) is 2. The third kappa shape index (κ3) is 6.09. The van der Waals surface area contributed by atoms with Gasteiger partial charge < -0.3 is 19.9 Å². The van der Waals surface area contributed by atoms with Gasteiger partial charge in [-0.25, -0.2) is 4.79 Å². The number of nitriles is 1. The van der Waals surface area contributed by atoms with E-state index in [9.17, 15) is 19.6 Å². The Balaban J connectivity index is 1.42. The third-order valence-electron chi connectivity index (χ3n) is 7.56. The molecule has 41 heavy (non-hydrogen) atoms. The van der Waals surface area contributed by atoms with Crippen molar-refractivity contribution in [2.75, 3.05) is 0 Å². The van der Waals surface area contributed by atoms with E-state index in [-0.39, 0.29) is 23.7 Å². The summed E-state index contributed by atoms with van der Waals surface area (Å²) >= 11 is 0. The minimum absolute atomic E-state index is 0.0225. The van der Waals surface area contributed by atoms with Crippen LogP contribution in [0.15, 0.2) is 60.7 Å². The first kappa shape index (κ1) is 27.9. The fourth-order valence-corrected chi connectivity index (χ4v) is 5.68. The molecule has 1 aliphatic carbocycles. The summed E-state index contributed by atoms with van der Waals surface area (Å²) in [6, 6.07) is 21.3. The molecule has 5 rings (SSSR count). The summed E-state index contributed by atoms with van der Waals surface area (Å²) in [5.41, 5.74) is 2.14. The lowest BCUT2D eigenvalue weighted by Gasteiger charge is -2.30. The number of rotatable bonds is 6. The second-order valence-corrected chi connectivity index (χ2v) is 11.6. The predicted octanol–water partition coefficient (Wildman–Crippen LogP) is 6.09. The Morgan fingerprint density at radius 1 is 0.976 bits per heavy atom. The van der Waals surface area contributed by atoms with Crippen LogP contribution in [0.1, 0.15) is 78.4 Å². The van der Waals surface area contributed by atoms with E-state index in [1.165, 1.54) is 0 Å². The Bertz CT molecular complexity index is 1660. The van der Waals surface area contributed by atoms with Crippen molar-refractivity contribution in [1.82, 2.24) is 15.2 Å². The molecule has 3 aromatic carbocycles. The summed E-state index contributed by atoms with van der Waals surface area (Å²) in [6.45, 7) is 5.84. The highest BCUT2D eigenvalue weighted by Gasteiger charge is 2.29. The molecule has 0 bridgehead atoms. The van der Waals surface area contributed by atoms with Gasteiger partial charge in [0.05, 0.1) is 22.7 Å². The van der Waals surface area contributed by atoms with E-state index in [0.29, 0.717) is 54.3 Å². The molecule has 2 amide bonds. The summed E-state index contributed by atoms with van der Waals surface area (Å²) in [5.74, 6) is -0.328. The molecule has 0 aliphatic heterocycles. The quantitative estimate of drug-likeness (QED) is 0.282. The summed E-state index contributed by atoms with van der Waals surface area (Å²) < 4.78 is 7.23. The van der Waals surface area contributed by atoms with E-state index in [4.69, 9.17) is 4.74 Å². The highest BCUT2D eigenvalue weighted by atomic mass is 16.6. The van der Waals surface area contributed by atoms with Crippen molar-refractivity contribution >= 4 is 40.0 Å². The summed E-state index contributed by atoms with van der Waals surface area (Å²) in [4.78, 5) is 38.4. The van der Waals surface area contributed by atoms with Crippen molar-refractivity contribution in [3.8, 4) is 6.07 Å². The predicted molar refractivity (Wildman–Crippen MR) is 158 cm³/mol. The van der Waals surface area contributed by atoms with Crippen LogP contribution in [0.2, 0.25) is 0 Å². The van der Waals surface area contributed by atoms with Crippen LogP contribution in [0.25, 0.3) is 21.7 Å². The highest BCUT2D eigenvalue weighted by Crippen LogP contribution is 2.30. The lowest BCUT2D eigenvalue weighted by molar-refractivity contribution is 0.0487. The number of amides is 2. The van der Waals surface area contributed by atoms with Crippen molar-refractivity contribution in [2.24, 2.45) is 0 Å². The van der Waals surface area contributed by atoms with E-state index in [1.54, 1.807) is 18.2 Å². The van der Waals surface area contributed by atoms with Crippen LogP contribution in [-0.4, -0.2) is 40.5 Å². The average Bonchev–Trinajstić information content (AvgIpc) is 3.25. The monoisotopic (exact) mass is 550 g/mol. The van der Waals surface area contributed by atoms with Crippen LogP contribution in [0.5, 0.6) is 0 Å². The zero-order valence-electron chi connectivity index (χ0n) is 23.6. The van der Waals surface area contributed by atoms with Gasteiger partial charge >= 0.3 is 6.09 Å². The zero-order chi connectivity index (χ0) is 29.1. The van der Waals surface area contributed by atoms with Gasteiger partial charge in [-0.2, -0.15) is 5.26 Å². The van der Waals surface area contributed by atoms with Crippen LogP contribution in [0.3, 0.4) is 0 Å². The molecule has 8 heteroatoms. The Morgan fingerprint density at radius 2 is 1.66 bits per heavy atom. The molecule has 1 aliphatic rings. The van der Waals surface area contributed by atoms with Gasteiger partial charge in [0, 0.05) is 24.0 Å². The van der Waals surface area contributed by atoms with E-state index in [1.807, 2.05) is 67.8 Å². The largest absolute Gasteiger partial charge is 0.444 e. The maximum Gasteiger partial charge on any atom is 0.407 e. The van der Waals surface area contributed by atoms with Gasteiger partial charge in [-0.3, -0.25) is 9.59 Å². The van der Waals surface area contributed by atoms with Crippen LogP contribution in [0.4, 0.5) is 4.79 Å². The van der Waals surface area contributed by atoms with Crippen molar-refractivity contribution in [2.45, 2.75) is 70.7 Å². The number of benzene rings is 3. The topological polar surface area (TPSA) is 113 Å². The van der Waals surface area contributed by atoms with E-state index in [2.05, 4.69) is 16.7 Å². The number of ether oxygens (including phenoxy) is 1. The number of alkyl carbamates (subject to hydrolysis) is 1. The number of carbonyl (C=O) groups excluding carboxylic acids is 3. The second kappa shape index (κ2) is 11.5. The van der Waals surface area contributed by atoms with Crippen LogP contribution in [-0.2, 0) is 11.3 Å². The Hall–Kier alpha value is -4.64. The smallest absolute Gasteiger partial charge is 0.407 e. The normalized spacial score (nSPS) is 17.1. The number of carbonyl (C=O) groups is 3. The maximum absolute atomic E-state index is 13.9. The van der Waals surface area contributed by atoms with Crippen molar-refractivity contribution < 1.29 is 19.1 Å². The molecule has 0 saturated heterocycles. The van der Waals surface area contributed by atoms with Crippen molar-refractivity contribution in [3.05, 3.63) is 83.0 Å². The zero-order valence-corrected chi connectivity index (χ0v) is 23.6. The second-order valence-electron chi connectivity index (χ2n) is 11.6. The van der Waals surface area contributed by atoms with Crippen LogP contribution < -0.4 is 10.6 Å². The lowest BCUT2D eigenvalue weighted by Crippen LogP contribution is -2.45. The SMILES string of the molecule is CC(C)(C)OC(=O)N[C@H]1CC[C@H](NC(=O)c2c(C=O)c3ccc(C#N)cc3n2Cc2cccc3ccccc23)CC1. The molecule has 0 atom stereocenters. The Labute approximate surface area is 239 Å². The Morgan fingerprint density at radius 3 is 2.34 bits per heavy atom. The molecule has 4 aromatic rings. The van der Waals surface area contributed by atoms with Gasteiger partial charge in [-0.05, 0) is 74.9 Å². The molecule has 0 radical (unpaired) electrons. The van der Waals surface area contributed by atoms with Gasteiger partial charge in [0.15, 0.2) is 6.29 Å². The molecule has 0 spiro atoms. The molecule has 8 nitrogen and oxygen atoms in total. The summed E-state index contributed by atoms with van der Waals surface area (Å²) in [5, 5.41) is 18.4. The number of hydrogen-bond acceptors (Lipinski definition) is 5. The van der Waals surface area contributed by atoms with Gasteiger partial charge in [0.25, 0.3) is 5.91 Å². The molecule has 2 N–H and O–H groups in total. The Kier molecular flexibility index (Phi) is 7.80. The van der Waals surface area contributed by atoms with Gasteiger partial charge in [0.1, 0.15) is 11.3 Å². The highest BCUT2D eigenvalue weighted by molar-refractivity contribution is 6.10. The first-order chi connectivity index (χ1) is 19.7. The van der Waals surface area contributed by atoms with Crippen molar-refractivity contribution in [3.63, 3.8) is 0 Å². The fraction of sp³-hybridized carbons (Fsp3) is 0.333. The van der Waals surface area contributed by atoms with Gasteiger partial charge in [0.2, 0.25) is 0 Å². The van der Waals surface area contributed by atoms with Gasteiger partial charge in [-0.1, -0.05) is 48.5 Å². The molecule has 210 valence electrons. The third-order valence-corrected chi connectivity index (χ3v) is 7.56. The molecule has 0 unspecified atom stereocenters. The van der Waals surface area contributed by atoms with E-state index in [0.717, 1.165) is 22.6 Å². The van der Waals surface area contributed by atoms with E-state index < -0.39 is 11.7 Å². The summed E-state index contributed by atoms with van der Waals surface area (Å²) in [6.07, 6.45) is 3.07. The van der Waals surface area contributed by atoms with E-state index >= 15 is 0 Å².